The van der Waals surface area contributed by atoms with Crippen LogP contribution in [0.15, 0.2) is 11.2 Å². The molecule has 1 aliphatic rings. The van der Waals surface area contributed by atoms with E-state index in [2.05, 4.69) is 10.3 Å². The number of nitrogens with one attached hydrogen (secondary N) is 1. The lowest BCUT2D eigenvalue weighted by atomic mass is 10.2. The Morgan fingerprint density at radius 1 is 1.53 bits per heavy atom. The Bertz CT molecular complexity index is 393. The summed E-state index contributed by atoms with van der Waals surface area (Å²) in [4.78, 5) is 21.2. The van der Waals surface area contributed by atoms with Gasteiger partial charge in [-0.2, -0.15) is 0 Å². The molecular weight excluding hydrogens is 198 g/mol. The summed E-state index contributed by atoms with van der Waals surface area (Å²) in [7, 11) is 0. The minimum atomic E-state index is -1.07. The molecule has 0 spiro atoms. The van der Waals surface area contributed by atoms with Gasteiger partial charge in [-0.1, -0.05) is 0 Å². The van der Waals surface area contributed by atoms with Crippen LogP contribution in [-0.2, 0) is 0 Å². The van der Waals surface area contributed by atoms with Crippen molar-refractivity contribution in [2.45, 2.75) is 31.7 Å². The number of hydrogen-bond donors (Lipinski definition) is 2. The number of rotatable bonds is 3. The minimum absolute atomic E-state index is 0.0106. The van der Waals surface area contributed by atoms with E-state index in [1.54, 1.807) is 4.68 Å². The topological polar surface area (TPSA) is 86.4 Å². The third-order valence-electron chi connectivity index (χ3n) is 2.77. The standard InChI is InChI=1S/C9H11N3O3/c13-9(14)7-5-8(11-15)12(10-7)6-3-1-2-4-6/h5-6H,1-4H2,(H,13,14)/p+1. The first-order valence-corrected chi connectivity index (χ1v) is 4.93. The summed E-state index contributed by atoms with van der Waals surface area (Å²) in [6.07, 6.45) is 4.15. The van der Waals surface area contributed by atoms with Crippen LogP contribution in [0.3, 0.4) is 0 Å². The number of nitroso groups, excluding NO2 is 1. The van der Waals surface area contributed by atoms with Crippen LogP contribution >= 0.6 is 0 Å². The van der Waals surface area contributed by atoms with Gasteiger partial charge in [0.25, 0.3) is 0 Å². The second-order valence-corrected chi connectivity index (χ2v) is 3.73. The zero-order valence-corrected chi connectivity index (χ0v) is 8.14. The molecule has 0 amide bonds. The highest BCUT2D eigenvalue weighted by Gasteiger charge is 2.29. The molecule has 0 aromatic carbocycles. The van der Waals surface area contributed by atoms with E-state index in [4.69, 9.17) is 5.11 Å². The average Bonchev–Trinajstić information content (AvgIpc) is 2.86. The van der Waals surface area contributed by atoms with Gasteiger partial charge in [0, 0.05) is 0 Å². The van der Waals surface area contributed by atoms with Gasteiger partial charge in [-0.25, -0.2) is 9.89 Å². The zero-order chi connectivity index (χ0) is 10.8. The van der Waals surface area contributed by atoms with Gasteiger partial charge in [-0.05, 0) is 30.6 Å². The average molecular weight is 210 g/mol. The summed E-state index contributed by atoms with van der Waals surface area (Å²) in [5.74, 6) is -0.907. The maximum Gasteiger partial charge on any atom is 0.395 e. The number of aromatic amines is 1. The van der Waals surface area contributed by atoms with Crippen molar-refractivity contribution in [2.75, 3.05) is 0 Å². The van der Waals surface area contributed by atoms with Crippen LogP contribution in [0.4, 0.5) is 5.82 Å². The number of carbonyl (C=O) groups is 1. The van der Waals surface area contributed by atoms with E-state index in [9.17, 15) is 9.70 Å². The third-order valence-corrected chi connectivity index (χ3v) is 2.77. The molecule has 80 valence electrons. The number of carboxylic acid groups (broad SMARTS) is 1. The summed E-state index contributed by atoms with van der Waals surface area (Å²) >= 11 is 0. The van der Waals surface area contributed by atoms with Gasteiger partial charge in [0.15, 0.2) is 5.69 Å². The number of nitrogens with zero attached hydrogens (tertiary/aromatic N) is 2. The summed E-state index contributed by atoms with van der Waals surface area (Å²) in [6.45, 7) is 0. The largest absolute Gasteiger partial charge is 0.476 e. The van der Waals surface area contributed by atoms with Crippen molar-refractivity contribution < 1.29 is 14.6 Å². The lowest BCUT2D eigenvalue weighted by molar-refractivity contribution is -0.761. The van der Waals surface area contributed by atoms with Crippen molar-refractivity contribution in [1.29, 1.82) is 0 Å². The van der Waals surface area contributed by atoms with Crippen molar-refractivity contribution in [3.63, 3.8) is 0 Å². The summed E-state index contributed by atoms with van der Waals surface area (Å²) in [5, 5.41) is 14.3. The number of carboxylic acids is 1. The molecule has 6 heteroatoms. The molecule has 1 heterocycles. The van der Waals surface area contributed by atoms with Gasteiger partial charge >= 0.3 is 11.8 Å². The normalized spacial score (nSPS) is 16.8. The highest BCUT2D eigenvalue weighted by molar-refractivity contribution is 5.85. The molecule has 0 radical (unpaired) electrons. The molecule has 1 saturated carbocycles. The van der Waals surface area contributed by atoms with Crippen molar-refractivity contribution in [1.82, 2.24) is 5.10 Å². The zero-order valence-electron chi connectivity index (χ0n) is 8.14. The van der Waals surface area contributed by atoms with Crippen LogP contribution in [0.5, 0.6) is 0 Å². The number of aromatic carboxylic acids is 1. The second-order valence-electron chi connectivity index (χ2n) is 3.73. The summed E-state index contributed by atoms with van der Waals surface area (Å²) < 4.78 is 1.57. The van der Waals surface area contributed by atoms with Gasteiger partial charge in [0.1, 0.15) is 6.04 Å². The van der Waals surface area contributed by atoms with Crippen LogP contribution in [-0.4, -0.2) is 16.2 Å². The van der Waals surface area contributed by atoms with Crippen LogP contribution in [0, 0.1) is 4.91 Å². The molecule has 15 heavy (non-hydrogen) atoms. The SMILES string of the molecule is O=Nc1cc(C(=O)O)[nH][n+]1C1CCCC1. The number of aromatic nitrogens is 2. The predicted octanol–water partition coefficient (Wildman–Crippen LogP) is 1.51. The maximum absolute atomic E-state index is 10.7. The van der Waals surface area contributed by atoms with E-state index in [-0.39, 0.29) is 17.6 Å². The molecule has 0 aliphatic heterocycles. The molecule has 1 fully saturated rings. The Balaban J connectivity index is 2.35. The van der Waals surface area contributed by atoms with Gasteiger partial charge < -0.3 is 5.11 Å². The smallest absolute Gasteiger partial charge is 0.395 e. The maximum atomic E-state index is 10.7. The Labute approximate surface area is 85.9 Å². The molecule has 2 rings (SSSR count). The minimum Gasteiger partial charge on any atom is -0.476 e. The van der Waals surface area contributed by atoms with Crippen molar-refractivity contribution in [2.24, 2.45) is 5.18 Å². The first kappa shape index (κ1) is 9.82. The monoisotopic (exact) mass is 210 g/mol. The molecule has 0 unspecified atom stereocenters. The van der Waals surface area contributed by atoms with Crippen LogP contribution in [0.2, 0.25) is 0 Å². The molecule has 0 bridgehead atoms. The second kappa shape index (κ2) is 3.80. The third kappa shape index (κ3) is 1.74. The lowest BCUT2D eigenvalue weighted by Gasteiger charge is -2.03. The highest BCUT2D eigenvalue weighted by Crippen LogP contribution is 2.26. The molecule has 1 aromatic heterocycles. The lowest BCUT2D eigenvalue weighted by Crippen LogP contribution is -2.40. The molecule has 0 atom stereocenters. The van der Waals surface area contributed by atoms with E-state index in [1.807, 2.05) is 0 Å². The number of H-pyrrole nitrogens is 1. The first-order chi connectivity index (χ1) is 7.22. The summed E-state index contributed by atoms with van der Waals surface area (Å²) in [6, 6.07) is 1.46. The van der Waals surface area contributed by atoms with Crippen molar-refractivity contribution in [3.05, 3.63) is 16.7 Å². The highest BCUT2D eigenvalue weighted by atomic mass is 16.4. The summed E-state index contributed by atoms with van der Waals surface area (Å²) in [5.41, 5.74) is 0.0106. The Morgan fingerprint density at radius 3 is 2.73 bits per heavy atom. The van der Waals surface area contributed by atoms with Crippen LogP contribution in [0.1, 0.15) is 42.2 Å². The van der Waals surface area contributed by atoms with E-state index >= 15 is 0 Å². The van der Waals surface area contributed by atoms with Crippen molar-refractivity contribution >= 4 is 11.8 Å². The van der Waals surface area contributed by atoms with Gasteiger partial charge in [-0.15, -0.1) is 4.68 Å². The molecule has 0 saturated heterocycles. The number of hydrogen-bond acceptors (Lipinski definition) is 3. The van der Waals surface area contributed by atoms with E-state index < -0.39 is 5.97 Å². The molecule has 2 N–H and O–H groups in total. The molecule has 1 aliphatic carbocycles. The predicted molar refractivity (Wildman–Crippen MR) is 50.9 cm³/mol. The quantitative estimate of drug-likeness (QED) is 0.585. The Morgan fingerprint density at radius 2 is 2.20 bits per heavy atom. The van der Waals surface area contributed by atoms with E-state index in [1.165, 1.54) is 6.07 Å². The Kier molecular flexibility index (Phi) is 2.49. The fraction of sp³-hybridized carbons (Fsp3) is 0.556. The van der Waals surface area contributed by atoms with Gasteiger partial charge in [0.2, 0.25) is 5.18 Å². The van der Waals surface area contributed by atoms with Gasteiger partial charge in [0.05, 0.1) is 6.07 Å². The van der Waals surface area contributed by atoms with Crippen LogP contribution in [0.25, 0.3) is 0 Å². The fourth-order valence-electron chi connectivity index (χ4n) is 2.04. The Hall–Kier alpha value is -1.72. The van der Waals surface area contributed by atoms with E-state index in [0.29, 0.717) is 0 Å². The first-order valence-electron chi connectivity index (χ1n) is 4.93. The van der Waals surface area contributed by atoms with E-state index in [0.717, 1.165) is 25.7 Å². The van der Waals surface area contributed by atoms with Crippen LogP contribution < -0.4 is 4.68 Å². The molecule has 6 nitrogen and oxygen atoms in total. The molecular formula is C9H12N3O3+. The van der Waals surface area contributed by atoms with Crippen molar-refractivity contribution in [3.8, 4) is 0 Å². The van der Waals surface area contributed by atoms with Gasteiger partial charge in [-0.3, -0.25) is 0 Å². The fourth-order valence-corrected chi connectivity index (χ4v) is 2.04. The molecule has 1 aromatic rings.